The van der Waals surface area contributed by atoms with E-state index in [2.05, 4.69) is 10.3 Å². The van der Waals surface area contributed by atoms with E-state index in [1.165, 1.54) is 13.2 Å². The maximum atomic E-state index is 12.7. The largest absolute Gasteiger partial charge is 0.479 e. The van der Waals surface area contributed by atoms with Crippen molar-refractivity contribution in [3.63, 3.8) is 0 Å². The number of carbonyl (C=O) groups excluding carboxylic acids is 2. The quantitative estimate of drug-likeness (QED) is 0.820. The second-order valence-electron chi connectivity index (χ2n) is 5.86. The maximum absolute atomic E-state index is 12.7. The van der Waals surface area contributed by atoms with Gasteiger partial charge in [0.1, 0.15) is 0 Å². The van der Waals surface area contributed by atoms with Crippen molar-refractivity contribution in [3.8, 4) is 5.88 Å². The van der Waals surface area contributed by atoms with Gasteiger partial charge in [-0.15, -0.1) is 0 Å². The Balaban J connectivity index is 1.86. The highest BCUT2D eigenvalue weighted by molar-refractivity contribution is 5.95. The van der Waals surface area contributed by atoms with Crippen molar-refractivity contribution in [2.45, 2.75) is 26.4 Å². The third-order valence-electron chi connectivity index (χ3n) is 4.33. The predicted molar refractivity (Wildman–Crippen MR) is 87.3 cm³/mol. The van der Waals surface area contributed by atoms with Crippen molar-refractivity contribution in [3.05, 3.63) is 29.3 Å². The molecule has 0 atom stereocenters. The number of aromatic nitrogens is 3. The molecule has 2 aromatic rings. The number of rotatable bonds is 4. The summed E-state index contributed by atoms with van der Waals surface area (Å²) < 4.78 is 11.8. The van der Waals surface area contributed by atoms with Crippen molar-refractivity contribution in [1.82, 2.24) is 24.7 Å². The monoisotopic (exact) mass is 347 g/mol. The lowest BCUT2D eigenvalue weighted by Crippen LogP contribution is -2.32. The van der Waals surface area contributed by atoms with E-state index >= 15 is 0 Å². The Morgan fingerprint density at radius 3 is 2.88 bits per heavy atom. The van der Waals surface area contributed by atoms with Gasteiger partial charge in [-0.1, -0.05) is 0 Å². The van der Waals surface area contributed by atoms with E-state index in [4.69, 9.17) is 9.26 Å². The van der Waals surface area contributed by atoms with E-state index in [0.29, 0.717) is 31.7 Å². The highest BCUT2D eigenvalue weighted by Gasteiger charge is 2.28. The number of methoxy groups -OCH3 is 1. The molecule has 134 valence electrons. The SMILES string of the molecule is CCN(C)C(=O)c1cnn2c1CN(C(=O)c1cc(OC)no1)CCC2. The van der Waals surface area contributed by atoms with Gasteiger partial charge in [-0.25, -0.2) is 0 Å². The Morgan fingerprint density at radius 2 is 2.20 bits per heavy atom. The molecule has 1 aliphatic heterocycles. The van der Waals surface area contributed by atoms with Gasteiger partial charge in [-0.3, -0.25) is 14.3 Å². The fourth-order valence-corrected chi connectivity index (χ4v) is 2.75. The van der Waals surface area contributed by atoms with Gasteiger partial charge < -0.3 is 19.1 Å². The topological polar surface area (TPSA) is 93.7 Å². The number of ether oxygens (including phenoxy) is 1. The van der Waals surface area contributed by atoms with Crippen molar-refractivity contribution < 1.29 is 18.8 Å². The third-order valence-corrected chi connectivity index (χ3v) is 4.33. The molecule has 0 saturated carbocycles. The fourth-order valence-electron chi connectivity index (χ4n) is 2.75. The van der Waals surface area contributed by atoms with Crippen LogP contribution in [0.2, 0.25) is 0 Å². The van der Waals surface area contributed by atoms with Gasteiger partial charge in [0.05, 0.1) is 37.2 Å². The molecule has 1 aliphatic rings. The average Bonchev–Trinajstić information content (AvgIpc) is 3.21. The first-order chi connectivity index (χ1) is 12.0. The summed E-state index contributed by atoms with van der Waals surface area (Å²) in [7, 11) is 3.20. The number of amides is 2. The zero-order chi connectivity index (χ0) is 18.0. The minimum absolute atomic E-state index is 0.0978. The van der Waals surface area contributed by atoms with E-state index in [1.54, 1.807) is 27.7 Å². The smallest absolute Gasteiger partial charge is 0.292 e. The maximum Gasteiger partial charge on any atom is 0.292 e. The standard InChI is InChI=1S/C16H21N5O4/c1-4-19(2)15(22)11-9-17-21-7-5-6-20(10-12(11)21)16(23)13-8-14(24-3)18-25-13/h8-9H,4-7,10H2,1-3H3. The van der Waals surface area contributed by atoms with E-state index in [0.717, 1.165) is 12.1 Å². The van der Waals surface area contributed by atoms with Crippen molar-refractivity contribution in [1.29, 1.82) is 0 Å². The molecular formula is C16H21N5O4. The van der Waals surface area contributed by atoms with Gasteiger partial charge in [0, 0.05) is 26.7 Å². The van der Waals surface area contributed by atoms with Crippen LogP contribution in [0.25, 0.3) is 0 Å². The summed E-state index contributed by atoms with van der Waals surface area (Å²) in [5.41, 5.74) is 1.27. The first-order valence-electron chi connectivity index (χ1n) is 8.15. The molecule has 9 heteroatoms. The van der Waals surface area contributed by atoms with Crippen molar-refractivity contribution in [2.75, 3.05) is 27.2 Å². The molecule has 0 unspecified atom stereocenters. The molecule has 3 heterocycles. The average molecular weight is 347 g/mol. The first-order valence-corrected chi connectivity index (χ1v) is 8.15. The summed E-state index contributed by atoms with van der Waals surface area (Å²) in [6.07, 6.45) is 2.32. The van der Waals surface area contributed by atoms with Crippen molar-refractivity contribution in [2.24, 2.45) is 0 Å². The molecule has 0 radical (unpaired) electrons. The van der Waals surface area contributed by atoms with E-state index in [-0.39, 0.29) is 23.5 Å². The molecule has 9 nitrogen and oxygen atoms in total. The van der Waals surface area contributed by atoms with Gasteiger partial charge in [-0.05, 0) is 18.5 Å². The highest BCUT2D eigenvalue weighted by atomic mass is 16.5. The van der Waals surface area contributed by atoms with E-state index in [1.807, 2.05) is 6.92 Å². The minimum atomic E-state index is -0.285. The third kappa shape index (κ3) is 3.21. The zero-order valence-corrected chi connectivity index (χ0v) is 14.6. The molecule has 2 amide bonds. The van der Waals surface area contributed by atoms with Crippen LogP contribution in [0, 0.1) is 0 Å². The van der Waals surface area contributed by atoms with Gasteiger partial charge in [0.15, 0.2) is 0 Å². The van der Waals surface area contributed by atoms with Crippen LogP contribution < -0.4 is 4.74 Å². The van der Waals surface area contributed by atoms with Crippen molar-refractivity contribution >= 4 is 11.8 Å². The molecule has 0 bridgehead atoms. The van der Waals surface area contributed by atoms with Crippen LogP contribution in [0.15, 0.2) is 16.8 Å². The Bertz CT molecular complexity index is 781. The number of aryl methyl sites for hydroxylation is 1. The van der Waals surface area contributed by atoms with Gasteiger partial charge in [-0.2, -0.15) is 5.10 Å². The summed E-state index contributed by atoms with van der Waals surface area (Å²) in [4.78, 5) is 28.5. The lowest BCUT2D eigenvalue weighted by atomic mass is 10.2. The summed E-state index contributed by atoms with van der Waals surface area (Å²) >= 11 is 0. The lowest BCUT2D eigenvalue weighted by Gasteiger charge is -2.20. The van der Waals surface area contributed by atoms with Crippen LogP contribution in [-0.2, 0) is 13.1 Å². The number of nitrogens with zero attached hydrogens (tertiary/aromatic N) is 5. The van der Waals surface area contributed by atoms with Crippen LogP contribution >= 0.6 is 0 Å². The molecule has 3 rings (SSSR count). The van der Waals surface area contributed by atoms with Gasteiger partial charge in [0.25, 0.3) is 17.7 Å². The van der Waals surface area contributed by atoms with E-state index in [9.17, 15) is 9.59 Å². The fraction of sp³-hybridized carbons (Fsp3) is 0.500. The molecule has 0 aliphatic carbocycles. The molecule has 0 fully saturated rings. The summed E-state index contributed by atoms with van der Waals surface area (Å²) in [6, 6.07) is 1.46. The van der Waals surface area contributed by atoms with Crippen LogP contribution in [-0.4, -0.2) is 63.8 Å². The second-order valence-corrected chi connectivity index (χ2v) is 5.86. The molecule has 0 aromatic carbocycles. The molecule has 25 heavy (non-hydrogen) atoms. The second kappa shape index (κ2) is 6.96. The lowest BCUT2D eigenvalue weighted by molar-refractivity contribution is 0.0697. The summed E-state index contributed by atoms with van der Waals surface area (Å²) in [6.45, 7) is 4.00. The summed E-state index contributed by atoms with van der Waals surface area (Å²) in [5, 5.41) is 7.98. The number of carbonyl (C=O) groups is 2. The highest BCUT2D eigenvalue weighted by Crippen LogP contribution is 2.21. The van der Waals surface area contributed by atoms with Crippen LogP contribution in [0.1, 0.15) is 40.0 Å². The van der Waals surface area contributed by atoms with Gasteiger partial charge >= 0.3 is 0 Å². The molecule has 0 spiro atoms. The zero-order valence-electron chi connectivity index (χ0n) is 14.6. The van der Waals surface area contributed by atoms with Gasteiger partial charge in [0.2, 0.25) is 5.76 Å². The minimum Gasteiger partial charge on any atom is -0.479 e. The Labute approximate surface area is 145 Å². The first kappa shape index (κ1) is 17.0. The van der Waals surface area contributed by atoms with Crippen LogP contribution in [0.3, 0.4) is 0 Å². The predicted octanol–water partition coefficient (Wildman–Crippen LogP) is 1.02. The normalized spacial score (nSPS) is 14.0. The van der Waals surface area contributed by atoms with E-state index < -0.39 is 0 Å². The Hall–Kier alpha value is -2.84. The number of hydrogen-bond acceptors (Lipinski definition) is 6. The number of fused-ring (bicyclic) bond motifs is 1. The Kier molecular flexibility index (Phi) is 4.73. The van der Waals surface area contributed by atoms with Crippen LogP contribution in [0.4, 0.5) is 0 Å². The molecule has 0 saturated heterocycles. The Morgan fingerprint density at radius 1 is 1.40 bits per heavy atom. The number of hydrogen-bond donors (Lipinski definition) is 0. The molecule has 2 aromatic heterocycles. The molecule has 0 N–H and O–H groups in total. The van der Waals surface area contributed by atoms with Crippen LogP contribution in [0.5, 0.6) is 5.88 Å². The molecular weight excluding hydrogens is 326 g/mol. The summed E-state index contributed by atoms with van der Waals surface area (Å²) in [5.74, 6) is -0.0147.